The van der Waals surface area contributed by atoms with Gasteiger partial charge in [-0.1, -0.05) is 0 Å². The van der Waals surface area contributed by atoms with Crippen LogP contribution in [0.25, 0.3) is 17.1 Å². The fourth-order valence-corrected chi connectivity index (χ4v) is 2.24. The van der Waals surface area contributed by atoms with Gasteiger partial charge in [0.1, 0.15) is 12.0 Å². The van der Waals surface area contributed by atoms with E-state index in [0.717, 1.165) is 22.9 Å². The number of ether oxygens (including phenoxy) is 1. The predicted octanol–water partition coefficient (Wildman–Crippen LogP) is 0.811. The third-order valence-corrected chi connectivity index (χ3v) is 3.28. The van der Waals surface area contributed by atoms with E-state index in [2.05, 4.69) is 20.1 Å². The van der Waals surface area contributed by atoms with E-state index in [1.165, 1.54) is 12.4 Å². The lowest BCUT2D eigenvalue weighted by atomic mass is 10.2. The van der Waals surface area contributed by atoms with E-state index >= 15 is 0 Å². The average molecular weight is 312 g/mol. The van der Waals surface area contributed by atoms with Crippen LogP contribution in [0.4, 0.5) is 0 Å². The minimum atomic E-state index is -0.518. The van der Waals surface area contributed by atoms with E-state index < -0.39 is 5.91 Å². The van der Waals surface area contributed by atoms with E-state index in [4.69, 9.17) is 10.5 Å². The van der Waals surface area contributed by atoms with Gasteiger partial charge in [-0.2, -0.15) is 5.10 Å². The Bertz CT molecular complexity index is 864. The van der Waals surface area contributed by atoms with Gasteiger partial charge < -0.3 is 15.5 Å². The summed E-state index contributed by atoms with van der Waals surface area (Å²) < 4.78 is 7.53. The molecule has 0 saturated carbocycles. The molecule has 0 fully saturated rings. The SMILES string of the molecule is Cn1cc(CCOc2ncnc3[nH]cc(C=CC(N)=O)c23)cn1. The predicted molar refractivity (Wildman–Crippen MR) is 84.5 cm³/mol. The van der Waals surface area contributed by atoms with Gasteiger partial charge in [-0.3, -0.25) is 9.48 Å². The number of rotatable bonds is 6. The summed E-state index contributed by atoms with van der Waals surface area (Å²) in [5.41, 5.74) is 7.60. The Labute approximate surface area is 132 Å². The summed E-state index contributed by atoms with van der Waals surface area (Å²) in [5, 5.41) is 4.84. The van der Waals surface area contributed by atoms with Gasteiger partial charge in [0, 0.05) is 37.5 Å². The van der Waals surface area contributed by atoms with Gasteiger partial charge in [-0.05, 0) is 11.6 Å². The number of nitrogens with one attached hydrogen (secondary N) is 1. The zero-order chi connectivity index (χ0) is 16.2. The molecule has 8 nitrogen and oxygen atoms in total. The number of fused-ring (bicyclic) bond motifs is 1. The number of nitrogens with zero attached hydrogens (tertiary/aromatic N) is 4. The van der Waals surface area contributed by atoms with E-state index in [9.17, 15) is 4.79 Å². The second-order valence-electron chi connectivity index (χ2n) is 5.00. The molecule has 3 heterocycles. The summed E-state index contributed by atoms with van der Waals surface area (Å²) in [6.07, 6.45) is 10.5. The number of aromatic nitrogens is 5. The third-order valence-electron chi connectivity index (χ3n) is 3.28. The maximum atomic E-state index is 10.9. The topological polar surface area (TPSA) is 112 Å². The molecule has 8 heteroatoms. The first-order valence-electron chi connectivity index (χ1n) is 7.03. The number of primary amides is 1. The van der Waals surface area contributed by atoms with Crippen molar-refractivity contribution in [1.82, 2.24) is 24.7 Å². The molecule has 0 spiro atoms. The summed E-state index contributed by atoms with van der Waals surface area (Å²) in [6.45, 7) is 0.460. The molecule has 0 atom stereocenters. The highest BCUT2D eigenvalue weighted by Gasteiger charge is 2.11. The van der Waals surface area contributed by atoms with Gasteiger partial charge in [0.15, 0.2) is 0 Å². The van der Waals surface area contributed by atoms with Crippen molar-refractivity contribution in [3.8, 4) is 5.88 Å². The van der Waals surface area contributed by atoms with Crippen LogP contribution in [-0.2, 0) is 18.3 Å². The fourth-order valence-electron chi connectivity index (χ4n) is 2.24. The summed E-state index contributed by atoms with van der Waals surface area (Å²) in [7, 11) is 1.87. The van der Waals surface area contributed by atoms with Crippen LogP contribution >= 0.6 is 0 Å². The molecule has 3 aromatic rings. The van der Waals surface area contributed by atoms with Crippen molar-refractivity contribution in [2.24, 2.45) is 12.8 Å². The number of amides is 1. The second-order valence-corrected chi connectivity index (χ2v) is 5.00. The van der Waals surface area contributed by atoms with Crippen LogP contribution in [0.15, 0.2) is 31.0 Å². The minimum absolute atomic E-state index is 0.460. The lowest BCUT2D eigenvalue weighted by molar-refractivity contribution is -0.113. The largest absolute Gasteiger partial charge is 0.477 e. The fraction of sp³-hybridized carbons (Fsp3) is 0.200. The number of nitrogens with two attached hydrogens (primary N) is 1. The van der Waals surface area contributed by atoms with E-state index in [1.807, 2.05) is 13.2 Å². The van der Waals surface area contributed by atoms with Gasteiger partial charge in [0.05, 0.1) is 18.2 Å². The Morgan fingerprint density at radius 3 is 3.09 bits per heavy atom. The van der Waals surface area contributed by atoms with Crippen molar-refractivity contribution in [3.05, 3.63) is 42.1 Å². The Balaban J connectivity index is 1.79. The number of aryl methyl sites for hydroxylation is 1. The van der Waals surface area contributed by atoms with Gasteiger partial charge in [0.25, 0.3) is 0 Å². The van der Waals surface area contributed by atoms with Crippen molar-refractivity contribution in [1.29, 1.82) is 0 Å². The van der Waals surface area contributed by atoms with Crippen LogP contribution in [-0.4, -0.2) is 37.2 Å². The number of hydrogen-bond acceptors (Lipinski definition) is 5. The van der Waals surface area contributed by atoms with Crippen LogP contribution in [0.1, 0.15) is 11.1 Å². The van der Waals surface area contributed by atoms with Gasteiger partial charge in [-0.15, -0.1) is 0 Å². The summed E-state index contributed by atoms with van der Waals surface area (Å²) in [6, 6.07) is 0. The van der Waals surface area contributed by atoms with Crippen molar-refractivity contribution in [3.63, 3.8) is 0 Å². The highest BCUT2D eigenvalue weighted by atomic mass is 16.5. The molecule has 0 aromatic carbocycles. The molecule has 0 saturated heterocycles. The third kappa shape index (κ3) is 3.37. The number of carbonyl (C=O) groups excluding carboxylic acids is 1. The quantitative estimate of drug-likeness (QED) is 0.654. The van der Waals surface area contributed by atoms with Gasteiger partial charge in [0.2, 0.25) is 11.8 Å². The van der Waals surface area contributed by atoms with Crippen LogP contribution in [0.2, 0.25) is 0 Å². The summed E-state index contributed by atoms with van der Waals surface area (Å²) in [5.74, 6) is -0.0560. The van der Waals surface area contributed by atoms with E-state index in [-0.39, 0.29) is 0 Å². The zero-order valence-electron chi connectivity index (χ0n) is 12.6. The van der Waals surface area contributed by atoms with Gasteiger partial charge in [-0.25, -0.2) is 9.97 Å². The smallest absolute Gasteiger partial charge is 0.241 e. The first-order chi connectivity index (χ1) is 11.1. The van der Waals surface area contributed by atoms with Crippen molar-refractivity contribution < 1.29 is 9.53 Å². The first-order valence-corrected chi connectivity index (χ1v) is 7.03. The molecule has 118 valence electrons. The van der Waals surface area contributed by atoms with Crippen molar-refractivity contribution in [2.45, 2.75) is 6.42 Å². The molecule has 0 aliphatic carbocycles. The highest BCUT2D eigenvalue weighted by molar-refractivity contribution is 5.96. The Kier molecular flexibility index (Phi) is 4.05. The lowest BCUT2D eigenvalue weighted by Crippen LogP contribution is -2.05. The molecule has 0 bridgehead atoms. The average Bonchev–Trinajstić information content (AvgIpc) is 3.12. The standard InChI is InChI=1S/C15H16N6O2/c1-21-8-10(6-20-21)4-5-23-15-13-11(2-3-12(16)22)7-17-14(13)18-9-19-15/h2-3,6-9H,4-5H2,1H3,(H2,16,22)(H,17,18,19). The molecule has 3 N–H and O–H groups in total. The minimum Gasteiger partial charge on any atom is -0.477 e. The molecule has 3 rings (SSSR count). The Hall–Kier alpha value is -3.16. The highest BCUT2D eigenvalue weighted by Crippen LogP contribution is 2.26. The molecule has 3 aromatic heterocycles. The molecule has 0 unspecified atom stereocenters. The number of H-pyrrole nitrogens is 1. The number of aromatic amines is 1. The molecule has 0 aliphatic rings. The number of hydrogen-bond donors (Lipinski definition) is 2. The van der Waals surface area contributed by atoms with Gasteiger partial charge >= 0.3 is 0 Å². The first kappa shape index (κ1) is 14.8. The zero-order valence-corrected chi connectivity index (χ0v) is 12.6. The molecule has 23 heavy (non-hydrogen) atoms. The van der Waals surface area contributed by atoms with Crippen LogP contribution in [0, 0.1) is 0 Å². The summed E-state index contributed by atoms with van der Waals surface area (Å²) in [4.78, 5) is 22.2. The van der Waals surface area contributed by atoms with Crippen LogP contribution in [0.5, 0.6) is 5.88 Å². The molecule has 0 radical (unpaired) electrons. The van der Waals surface area contributed by atoms with E-state index in [1.54, 1.807) is 23.2 Å². The normalized spacial score (nSPS) is 11.3. The maximum Gasteiger partial charge on any atom is 0.241 e. The molecular formula is C15H16N6O2. The Morgan fingerprint density at radius 2 is 2.35 bits per heavy atom. The Morgan fingerprint density at radius 1 is 1.48 bits per heavy atom. The van der Waals surface area contributed by atoms with E-state index in [0.29, 0.717) is 18.1 Å². The molecule has 0 aliphatic heterocycles. The van der Waals surface area contributed by atoms with Crippen LogP contribution < -0.4 is 10.5 Å². The lowest BCUT2D eigenvalue weighted by Gasteiger charge is -2.05. The van der Waals surface area contributed by atoms with Crippen molar-refractivity contribution in [2.75, 3.05) is 6.61 Å². The second kappa shape index (κ2) is 6.30. The monoisotopic (exact) mass is 312 g/mol. The van der Waals surface area contributed by atoms with Crippen molar-refractivity contribution >= 4 is 23.0 Å². The molecular weight excluding hydrogens is 296 g/mol. The summed E-state index contributed by atoms with van der Waals surface area (Å²) >= 11 is 0. The maximum absolute atomic E-state index is 10.9. The van der Waals surface area contributed by atoms with Crippen LogP contribution in [0.3, 0.4) is 0 Å². The number of carbonyl (C=O) groups is 1. The molecule has 1 amide bonds.